The quantitative estimate of drug-likeness (QED) is 0.852. The molecule has 0 bridgehead atoms. The Morgan fingerprint density at radius 1 is 1.24 bits per heavy atom. The van der Waals surface area contributed by atoms with Crippen LogP contribution in [0.15, 0.2) is 34.9 Å². The predicted octanol–water partition coefficient (Wildman–Crippen LogP) is 2.04. The van der Waals surface area contributed by atoms with Crippen LogP contribution in [0.4, 0.5) is 0 Å². The molecule has 1 aliphatic heterocycles. The van der Waals surface area contributed by atoms with E-state index in [2.05, 4.69) is 5.16 Å². The van der Waals surface area contributed by atoms with Gasteiger partial charge in [0.05, 0.1) is 13.2 Å². The molecule has 0 spiro atoms. The number of hydrogen-bond donors (Lipinski definition) is 0. The van der Waals surface area contributed by atoms with Crippen LogP contribution in [0.1, 0.15) is 34.8 Å². The highest BCUT2D eigenvalue weighted by Crippen LogP contribution is 2.28. The second-order valence-electron chi connectivity index (χ2n) is 6.08. The summed E-state index contributed by atoms with van der Waals surface area (Å²) in [6.45, 7) is 4.69. The maximum Gasteiger partial charge on any atom is 0.276 e. The average Bonchev–Trinajstić information content (AvgIpc) is 3.07. The van der Waals surface area contributed by atoms with Crippen LogP contribution >= 0.6 is 0 Å². The molecule has 0 N–H and O–H groups in total. The predicted molar refractivity (Wildman–Crippen MR) is 90.3 cm³/mol. The van der Waals surface area contributed by atoms with E-state index in [-0.39, 0.29) is 23.6 Å². The highest BCUT2D eigenvalue weighted by atomic mass is 16.5. The molecule has 1 aromatic carbocycles. The van der Waals surface area contributed by atoms with E-state index in [1.807, 2.05) is 24.3 Å². The van der Waals surface area contributed by atoms with Crippen molar-refractivity contribution >= 4 is 11.8 Å². The summed E-state index contributed by atoms with van der Waals surface area (Å²) in [7, 11) is 1.61. The Bertz CT molecular complexity index is 769. The van der Waals surface area contributed by atoms with Crippen molar-refractivity contribution in [2.45, 2.75) is 19.9 Å². The lowest BCUT2D eigenvalue weighted by Crippen LogP contribution is -2.52. The van der Waals surface area contributed by atoms with Crippen molar-refractivity contribution in [3.63, 3.8) is 0 Å². The number of benzene rings is 1. The summed E-state index contributed by atoms with van der Waals surface area (Å²) < 4.78 is 10.2. The van der Waals surface area contributed by atoms with Crippen molar-refractivity contribution in [3.05, 3.63) is 47.3 Å². The Kier molecular flexibility index (Phi) is 4.74. The minimum atomic E-state index is -0.243. The van der Waals surface area contributed by atoms with Crippen LogP contribution in [0.25, 0.3) is 0 Å². The zero-order valence-corrected chi connectivity index (χ0v) is 14.6. The normalized spacial score (nSPS) is 17.5. The first-order chi connectivity index (χ1) is 12.0. The first kappa shape index (κ1) is 17.0. The smallest absolute Gasteiger partial charge is 0.276 e. The lowest BCUT2D eigenvalue weighted by atomic mass is 10.0. The van der Waals surface area contributed by atoms with Crippen LogP contribution in [0.3, 0.4) is 0 Å². The number of carbonyl (C=O) groups excluding carboxylic acids is 2. The Balaban J connectivity index is 1.91. The van der Waals surface area contributed by atoms with Gasteiger partial charge < -0.3 is 19.1 Å². The number of aromatic nitrogens is 1. The molecule has 0 unspecified atom stereocenters. The molecule has 1 fully saturated rings. The number of carbonyl (C=O) groups is 2. The van der Waals surface area contributed by atoms with Crippen LogP contribution < -0.4 is 4.74 Å². The average molecular weight is 343 g/mol. The van der Waals surface area contributed by atoms with Crippen LogP contribution in [-0.4, -0.2) is 53.5 Å². The Morgan fingerprint density at radius 2 is 1.96 bits per heavy atom. The maximum atomic E-state index is 12.9. The third kappa shape index (κ3) is 3.50. The second kappa shape index (κ2) is 6.96. The van der Waals surface area contributed by atoms with E-state index in [1.54, 1.807) is 36.8 Å². The fourth-order valence-corrected chi connectivity index (χ4v) is 3.04. The molecule has 0 radical (unpaired) electrons. The van der Waals surface area contributed by atoms with Crippen LogP contribution in [0, 0.1) is 6.92 Å². The minimum Gasteiger partial charge on any atom is -0.497 e. The zero-order valence-electron chi connectivity index (χ0n) is 14.6. The number of nitrogens with zero attached hydrogens (tertiary/aromatic N) is 3. The van der Waals surface area contributed by atoms with Gasteiger partial charge in [-0.25, -0.2) is 0 Å². The number of amides is 2. The van der Waals surface area contributed by atoms with Gasteiger partial charge in [0, 0.05) is 32.6 Å². The molecule has 1 aliphatic rings. The van der Waals surface area contributed by atoms with Gasteiger partial charge in [-0.3, -0.25) is 9.59 Å². The van der Waals surface area contributed by atoms with Gasteiger partial charge in [0.15, 0.2) is 5.69 Å². The third-order valence-electron chi connectivity index (χ3n) is 4.43. The SMILES string of the molecule is COc1ccc([C@H]2CN(C(C)=O)CCN2C(=O)c2cc(C)on2)cc1. The largest absolute Gasteiger partial charge is 0.497 e. The minimum absolute atomic E-state index is 0.00268. The molecule has 2 amide bonds. The van der Waals surface area contributed by atoms with Crippen molar-refractivity contribution in [3.8, 4) is 5.75 Å². The second-order valence-corrected chi connectivity index (χ2v) is 6.08. The van der Waals surface area contributed by atoms with Gasteiger partial charge in [-0.2, -0.15) is 0 Å². The molecule has 132 valence electrons. The van der Waals surface area contributed by atoms with Gasteiger partial charge in [-0.1, -0.05) is 17.3 Å². The van der Waals surface area contributed by atoms with Gasteiger partial charge >= 0.3 is 0 Å². The first-order valence-corrected chi connectivity index (χ1v) is 8.13. The lowest BCUT2D eigenvalue weighted by Gasteiger charge is -2.41. The van der Waals surface area contributed by atoms with Crippen molar-refractivity contribution in [2.75, 3.05) is 26.7 Å². The molecule has 0 saturated carbocycles. The number of methoxy groups -OCH3 is 1. The lowest BCUT2D eigenvalue weighted by molar-refractivity contribution is -0.131. The van der Waals surface area contributed by atoms with Gasteiger partial charge in [0.2, 0.25) is 5.91 Å². The van der Waals surface area contributed by atoms with Crippen molar-refractivity contribution in [1.82, 2.24) is 15.0 Å². The molecular formula is C18H21N3O4. The molecule has 1 saturated heterocycles. The van der Waals surface area contributed by atoms with Crippen molar-refractivity contribution in [2.24, 2.45) is 0 Å². The van der Waals surface area contributed by atoms with E-state index in [1.165, 1.54) is 0 Å². The Morgan fingerprint density at radius 3 is 2.52 bits per heavy atom. The zero-order chi connectivity index (χ0) is 18.0. The van der Waals surface area contributed by atoms with Gasteiger partial charge in [0.1, 0.15) is 11.5 Å². The molecular weight excluding hydrogens is 322 g/mol. The number of ether oxygens (including phenoxy) is 1. The molecule has 2 heterocycles. The van der Waals surface area contributed by atoms with Crippen LogP contribution in [0.5, 0.6) is 5.75 Å². The number of hydrogen-bond acceptors (Lipinski definition) is 5. The molecule has 1 atom stereocenters. The summed E-state index contributed by atoms with van der Waals surface area (Å²) in [4.78, 5) is 28.2. The molecule has 25 heavy (non-hydrogen) atoms. The van der Waals surface area contributed by atoms with E-state index in [0.29, 0.717) is 25.4 Å². The molecule has 2 aromatic rings. The van der Waals surface area contributed by atoms with E-state index in [4.69, 9.17) is 9.26 Å². The Hall–Kier alpha value is -2.83. The first-order valence-electron chi connectivity index (χ1n) is 8.13. The summed E-state index contributed by atoms with van der Waals surface area (Å²) in [5.41, 5.74) is 1.23. The molecule has 7 nitrogen and oxygen atoms in total. The fourth-order valence-electron chi connectivity index (χ4n) is 3.04. The summed E-state index contributed by atoms with van der Waals surface area (Å²) in [6, 6.07) is 8.93. The number of piperazine rings is 1. The standard InChI is InChI=1S/C18H21N3O4/c1-12-10-16(19-25-12)18(23)21-9-8-20(13(2)22)11-17(21)14-4-6-15(24-3)7-5-14/h4-7,10,17H,8-9,11H2,1-3H3/t17-/m1/s1. The van der Waals surface area contributed by atoms with E-state index in [9.17, 15) is 9.59 Å². The van der Waals surface area contributed by atoms with E-state index in [0.717, 1.165) is 11.3 Å². The van der Waals surface area contributed by atoms with E-state index < -0.39 is 0 Å². The Labute approximate surface area is 146 Å². The fraction of sp³-hybridized carbons (Fsp3) is 0.389. The highest BCUT2D eigenvalue weighted by Gasteiger charge is 2.34. The van der Waals surface area contributed by atoms with Crippen LogP contribution in [-0.2, 0) is 4.79 Å². The molecule has 7 heteroatoms. The van der Waals surface area contributed by atoms with Crippen molar-refractivity contribution < 1.29 is 18.8 Å². The summed E-state index contributed by atoms with van der Waals surface area (Å²) >= 11 is 0. The third-order valence-corrected chi connectivity index (χ3v) is 4.43. The number of aryl methyl sites for hydroxylation is 1. The summed E-state index contributed by atoms with van der Waals surface area (Å²) in [5, 5.41) is 3.83. The molecule has 0 aliphatic carbocycles. The topological polar surface area (TPSA) is 75.9 Å². The van der Waals surface area contributed by atoms with Crippen molar-refractivity contribution in [1.29, 1.82) is 0 Å². The highest BCUT2D eigenvalue weighted by molar-refractivity contribution is 5.92. The van der Waals surface area contributed by atoms with Gasteiger partial charge in [-0.15, -0.1) is 0 Å². The summed E-state index contributed by atoms with van der Waals surface area (Å²) in [5.74, 6) is 1.14. The number of rotatable bonds is 3. The van der Waals surface area contributed by atoms with E-state index >= 15 is 0 Å². The molecule has 1 aromatic heterocycles. The van der Waals surface area contributed by atoms with Gasteiger partial charge in [0.25, 0.3) is 5.91 Å². The van der Waals surface area contributed by atoms with Crippen LogP contribution in [0.2, 0.25) is 0 Å². The maximum absolute atomic E-state index is 12.9. The van der Waals surface area contributed by atoms with Gasteiger partial charge in [-0.05, 0) is 24.6 Å². The monoisotopic (exact) mass is 343 g/mol. The molecule has 3 rings (SSSR count). The summed E-state index contributed by atoms with van der Waals surface area (Å²) in [6.07, 6.45) is 0.